The maximum Gasteiger partial charge on any atom is 0.303 e. The van der Waals surface area contributed by atoms with Crippen molar-refractivity contribution in [1.29, 1.82) is 0 Å². The lowest BCUT2D eigenvalue weighted by Crippen LogP contribution is -2.43. The zero-order valence-electron chi connectivity index (χ0n) is 25.5. The van der Waals surface area contributed by atoms with Crippen molar-refractivity contribution >= 4 is 11.9 Å². The number of nitrogens with zero attached hydrogens (tertiary/aromatic N) is 1. The predicted molar refractivity (Wildman–Crippen MR) is 166 cm³/mol. The Kier molecular flexibility index (Phi) is 12.5. The average Bonchev–Trinajstić information content (AvgIpc) is 3.05. The van der Waals surface area contributed by atoms with Gasteiger partial charge in [0.1, 0.15) is 0 Å². The summed E-state index contributed by atoms with van der Waals surface area (Å²) in [5.41, 5.74) is 4.49. The van der Waals surface area contributed by atoms with E-state index in [-0.39, 0.29) is 37.2 Å². The number of aliphatic hydroxyl groups is 2. The number of unbranched alkanes of at least 4 members (excludes halogenated alkanes) is 1. The highest BCUT2D eigenvalue weighted by Gasteiger charge is 2.34. The number of carboxylic acids is 1. The molecule has 0 aromatic heterocycles. The van der Waals surface area contributed by atoms with Gasteiger partial charge in [-0.25, -0.2) is 0 Å². The zero-order chi connectivity index (χ0) is 31.5. The van der Waals surface area contributed by atoms with Crippen LogP contribution in [-0.2, 0) is 32.2 Å². The Morgan fingerprint density at radius 1 is 0.909 bits per heavy atom. The van der Waals surface area contributed by atoms with Gasteiger partial charge < -0.3 is 30.1 Å². The molecule has 5 atom stereocenters. The molecule has 4 N–H and O–H groups in total. The molecule has 0 aliphatic carbocycles. The summed E-state index contributed by atoms with van der Waals surface area (Å²) in [5.74, 6) is -0.954. The van der Waals surface area contributed by atoms with Crippen LogP contribution in [0.4, 0.5) is 0 Å². The number of carboxylic acid groups (broad SMARTS) is 1. The highest BCUT2D eigenvalue weighted by Crippen LogP contribution is 2.38. The zero-order valence-corrected chi connectivity index (χ0v) is 25.5. The fraction of sp³-hybridized carbons (Fsp3) is 0.429. The number of rotatable bonds is 15. The molecule has 44 heavy (non-hydrogen) atoms. The van der Waals surface area contributed by atoms with Crippen LogP contribution in [0.5, 0.6) is 0 Å². The molecule has 1 heterocycles. The number of benzene rings is 3. The Balaban J connectivity index is 1.41. The number of amides is 1. The van der Waals surface area contributed by atoms with Crippen LogP contribution < -0.4 is 5.32 Å². The minimum Gasteiger partial charge on any atom is -0.481 e. The SMILES string of the molecule is C[C@@H]([C@H](O)c1ccccc1)N(C)C[C@@H]1C[C@H](c2ccc(CO)cc2)O[C@H](c2ccc(CNC(=O)CCCCC(=O)O)cc2)O1. The topological polar surface area (TPSA) is 129 Å². The first-order valence-corrected chi connectivity index (χ1v) is 15.2. The van der Waals surface area contributed by atoms with Gasteiger partial charge in [-0.05, 0) is 49.1 Å². The molecule has 1 aliphatic heterocycles. The number of likely N-dealkylation sites (N-methyl/N-ethyl adjacent to an activating group) is 1. The molecule has 4 rings (SSSR count). The summed E-state index contributed by atoms with van der Waals surface area (Å²) >= 11 is 0. The molecule has 3 aromatic rings. The van der Waals surface area contributed by atoms with E-state index in [1.54, 1.807) is 0 Å². The van der Waals surface area contributed by atoms with E-state index in [1.807, 2.05) is 92.8 Å². The van der Waals surface area contributed by atoms with Gasteiger partial charge >= 0.3 is 5.97 Å². The van der Waals surface area contributed by atoms with E-state index < -0.39 is 18.4 Å². The molecule has 9 nitrogen and oxygen atoms in total. The molecule has 3 aromatic carbocycles. The molecule has 236 valence electrons. The standard InChI is InChI=1S/C35H44N2O7/c1-24(34(42)28-8-4-3-5-9-28)37(2)22-30-20-31(27-16-14-26(23-38)15-17-27)44-35(43-30)29-18-12-25(13-19-29)21-36-32(39)10-6-7-11-33(40)41/h3-5,8-9,12-19,24,30-31,34-35,38,42H,6-7,10-11,20-23H2,1-2H3,(H,36,39)(H,40,41)/t24-,30-,31+,34-,35+/m0/s1. The van der Waals surface area contributed by atoms with E-state index in [4.69, 9.17) is 14.6 Å². The number of ether oxygens (including phenoxy) is 2. The second-order valence-corrected chi connectivity index (χ2v) is 11.5. The molecule has 9 heteroatoms. The first-order valence-electron chi connectivity index (χ1n) is 15.2. The summed E-state index contributed by atoms with van der Waals surface area (Å²) in [4.78, 5) is 24.9. The Bertz CT molecular complexity index is 1320. The maximum atomic E-state index is 12.1. The van der Waals surface area contributed by atoms with Gasteiger partial charge in [0.05, 0.1) is 24.9 Å². The summed E-state index contributed by atoms with van der Waals surface area (Å²) in [5, 5.41) is 32.1. The van der Waals surface area contributed by atoms with Gasteiger partial charge in [-0.3, -0.25) is 14.5 Å². The maximum absolute atomic E-state index is 12.1. The average molecular weight is 605 g/mol. The van der Waals surface area contributed by atoms with E-state index in [1.165, 1.54) is 0 Å². The third-order valence-corrected chi connectivity index (χ3v) is 8.19. The third-order valence-electron chi connectivity index (χ3n) is 8.19. The van der Waals surface area contributed by atoms with Crippen LogP contribution in [0.25, 0.3) is 0 Å². The molecule has 1 saturated heterocycles. The molecule has 0 saturated carbocycles. The number of carbonyl (C=O) groups is 2. The molecule has 1 aliphatic rings. The number of hydrogen-bond donors (Lipinski definition) is 4. The second-order valence-electron chi connectivity index (χ2n) is 11.5. The van der Waals surface area contributed by atoms with E-state index in [2.05, 4.69) is 10.2 Å². The number of aliphatic carboxylic acids is 1. The molecular formula is C35H44N2O7. The van der Waals surface area contributed by atoms with Crippen molar-refractivity contribution in [3.63, 3.8) is 0 Å². The van der Waals surface area contributed by atoms with Crippen molar-refractivity contribution < 1.29 is 34.4 Å². The van der Waals surface area contributed by atoms with Crippen molar-refractivity contribution in [3.05, 3.63) is 107 Å². The van der Waals surface area contributed by atoms with Crippen molar-refractivity contribution in [2.45, 2.75) is 82.8 Å². The van der Waals surface area contributed by atoms with E-state index in [0.29, 0.717) is 38.8 Å². The van der Waals surface area contributed by atoms with Crippen LogP contribution >= 0.6 is 0 Å². The van der Waals surface area contributed by atoms with Crippen LogP contribution in [-0.4, -0.2) is 57.8 Å². The second kappa shape index (κ2) is 16.5. The Morgan fingerprint density at radius 3 is 2.20 bits per heavy atom. The molecule has 0 radical (unpaired) electrons. The van der Waals surface area contributed by atoms with Gasteiger partial charge in [0.25, 0.3) is 0 Å². The summed E-state index contributed by atoms with van der Waals surface area (Å²) < 4.78 is 13.0. The van der Waals surface area contributed by atoms with Crippen molar-refractivity contribution in [3.8, 4) is 0 Å². The Morgan fingerprint density at radius 2 is 1.55 bits per heavy atom. The van der Waals surface area contributed by atoms with Crippen molar-refractivity contribution in [2.75, 3.05) is 13.6 Å². The van der Waals surface area contributed by atoms with Crippen LogP contribution in [0, 0.1) is 0 Å². The van der Waals surface area contributed by atoms with Crippen molar-refractivity contribution in [1.82, 2.24) is 10.2 Å². The first-order chi connectivity index (χ1) is 21.2. The molecule has 0 unspecified atom stereocenters. The minimum absolute atomic E-state index is 0.0237. The van der Waals surface area contributed by atoms with Crippen molar-refractivity contribution in [2.24, 2.45) is 0 Å². The molecule has 0 spiro atoms. The van der Waals surface area contributed by atoms with Crippen LogP contribution in [0.3, 0.4) is 0 Å². The number of hydrogen-bond acceptors (Lipinski definition) is 7. The molecule has 1 amide bonds. The lowest BCUT2D eigenvalue weighted by atomic mass is 9.98. The summed E-state index contributed by atoms with van der Waals surface area (Å²) in [7, 11) is 1.99. The highest BCUT2D eigenvalue weighted by molar-refractivity contribution is 5.75. The van der Waals surface area contributed by atoms with Gasteiger partial charge in [-0.2, -0.15) is 0 Å². The monoisotopic (exact) mass is 604 g/mol. The lowest BCUT2D eigenvalue weighted by Gasteiger charge is -2.39. The van der Waals surface area contributed by atoms with E-state index in [0.717, 1.165) is 27.8 Å². The first kappa shape index (κ1) is 33.3. The fourth-order valence-corrected chi connectivity index (χ4v) is 5.33. The molecule has 0 bridgehead atoms. The third kappa shape index (κ3) is 9.70. The Labute approximate surface area is 259 Å². The Hall–Kier alpha value is -3.60. The van der Waals surface area contributed by atoms with Gasteiger partial charge in [-0.1, -0.05) is 78.9 Å². The lowest BCUT2D eigenvalue weighted by molar-refractivity contribution is -0.253. The number of nitrogens with one attached hydrogen (secondary N) is 1. The van der Waals surface area contributed by atoms with Gasteiger partial charge in [0.15, 0.2) is 6.29 Å². The largest absolute Gasteiger partial charge is 0.481 e. The van der Waals surface area contributed by atoms with E-state index in [9.17, 15) is 19.8 Å². The van der Waals surface area contributed by atoms with E-state index >= 15 is 0 Å². The number of aliphatic hydroxyl groups excluding tert-OH is 2. The van der Waals surface area contributed by atoms with Gasteiger partial charge in [0.2, 0.25) is 5.91 Å². The van der Waals surface area contributed by atoms with Gasteiger partial charge in [0, 0.05) is 44.0 Å². The van der Waals surface area contributed by atoms with Crippen LogP contribution in [0.2, 0.25) is 0 Å². The summed E-state index contributed by atoms with van der Waals surface area (Å²) in [6, 6.07) is 25.0. The summed E-state index contributed by atoms with van der Waals surface area (Å²) in [6.45, 7) is 2.95. The molecule has 1 fully saturated rings. The van der Waals surface area contributed by atoms with Crippen LogP contribution in [0.15, 0.2) is 78.9 Å². The highest BCUT2D eigenvalue weighted by atomic mass is 16.7. The summed E-state index contributed by atoms with van der Waals surface area (Å²) in [6.07, 6.45) is 0.360. The molecular weight excluding hydrogens is 560 g/mol. The fourth-order valence-electron chi connectivity index (χ4n) is 5.33. The quantitative estimate of drug-likeness (QED) is 0.178. The number of carbonyl (C=O) groups excluding carboxylic acids is 1. The van der Waals surface area contributed by atoms with Gasteiger partial charge in [-0.15, -0.1) is 0 Å². The predicted octanol–water partition coefficient (Wildman–Crippen LogP) is 5.04. The minimum atomic E-state index is -0.850. The van der Waals surface area contributed by atoms with Crippen LogP contribution in [0.1, 0.15) is 85.3 Å². The smallest absolute Gasteiger partial charge is 0.303 e. The normalized spacial score (nSPS) is 19.8.